The minimum Gasteiger partial charge on any atom is -0.394 e. The van der Waals surface area contributed by atoms with E-state index >= 15 is 8.78 Å². The molecule has 2 saturated heterocycles. The lowest BCUT2D eigenvalue weighted by atomic mass is 10.1. The smallest absolute Gasteiger partial charge is 0.256 e. The van der Waals surface area contributed by atoms with Crippen LogP contribution in [-0.4, -0.2) is 132 Å². The van der Waals surface area contributed by atoms with Crippen LogP contribution in [0.5, 0.6) is 0 Å². The van der Waals surface area contributed by atoms with Gasteiger partial charge in [0.05, 0.1) is 19.3 Å². The predicted octanol–water partition coefficient (Wildman–Crippen LogP) is 2.38. The summed E-state index contributed by atoms with van der Waals surface area (Å²) in [5.41, 5.74) is 1.34. The maximum Gasteiger partial charge on any atom is 0.256 e. The van der Waals surface area contributed by atoms with Crippen LogP contribution in [0.3, 0.4) is 0 Å². The molecule has 61 heavy (non-hydrogen) atoms. The molecule has 0 radical (unpaired) electrons. The lowest BCUT2D eigenvalue weighted by Gasteiger charge is -2.30. The summed E-state index contributed by atoms with van der Waals surface area (Å²) in [7, 11) is -4.60. The standard InChI is InChI=1S/C37H37BF2N11O9P/c1-41-12-13-56-61(38,57-15-23-24(39)28(53)37(59-23)51-19-47-27-31(43-17-45-33(27)51)49-35(55)21-10-6-3-7-11-21)60-29-22(14-52)58-36(25(29)40)50-18-46-26-30(42-16-44-32(26)50)48-34(54)20-8-4-2-5-9-20/h2-11,16-19,22-25,28-29,36-37,52-53H,12-15H2,38H3,(H,42,44,48,54)(H,43,45,49,55)/t22-,23?,24?,25?,28?,29+,36-,37?,61?/m1/s1. The quantitative estimate of drug-likeness (QED) is 0.0502. The maximum atomic E-state index is 16.6. The van der Waals surface area contributed by atoms with Crippen molar-refractivity contribution in [1.82, 2.24) is 39.0 Å². The second kappa shape index (κ2) is 17.9. The minimum absolute atomic E-state index is 0.0765. The van der Waals surface area contributed by atoms with E-state index in [2.05, 4.69) is 45.4 Å². The van der Waals surface area contributed by atoms with Gasteiger partial charge in [-0.25, -0.2) is 58.8 Å². The molecule has 2 aliphatic rings. The first-order valence-corrected chi connectivity index (χ1v) is 19.4. The van der Waals surface area contributed by atoms with E-state index in [4.69, 9.17) is 29.6 Å². The molecule has 6 unspecified atom stereocenters. The number of fused-ring (bicyclic) bond motifs is 2. The van der Waals surface area contributed by atoms with E-state index in [1.54, 1.807) is 60.7 Å². The number of halogens is 2. The Morgan fingerprint density at radius 2 is 1.34 bits per heavy atom. The van der Waals surface area contributed by atoms with E-state index in [1.165, 1.54) is 34.4 Å². The fourth-order valence-corrected chi connectivity index (χ4v) is 7.70. The lowest BCUT2D eigenvalue weighted by Crippen LogP contribution is -2.36. The van der Waals surface area contributed by atoms with E-state index in [0.29, 0.717) is 11.1 Å². The molecule has 2 aliphatic heterocycles. The molecule has 20 nitrogen and oxygen atoms in total. The third-order valence-corrected chi connectivity index (χ3v) is 10.7. The number of aromatic nitrogens is 8. The highest BCUT2D eigenvalue weighted by atomic mass is 31.2. The van der Waals surface area contributed by atoms with E-state index in [1.807, 2.05) is 0 Å². The van der Waals surface area contributed by atoms with Crippen LogP contribution in [0.2, 0.25) is 0 Å². The molecule has 6 aromatic rings. The molecule has 2 aromatic carbocycles. The lowest BCUT2D eigenvalue weighted by molar-refractivity contribution is -0.0551. The number of carbonyl (C=O) groups excluding carboxylic acids is 2. The first-order chi connectivity index (χ1) is 29.6. The molecule has 2 fully saturated rings. The zero-order chi connectivity index (χ0) is 42.7. The Morgan fingerprint density at radius 3 is 1.89 bits per heavy atom. The van der Waals surface area contributed by atoms with Crippen molar-refractivity contribution in [1.29, 1.82) is 0 Å². The summed E-state index contributed by atoms with van der Waals surface area (Å²) in [5, 5.41) is 26.8. The average Bonchev–Trinajstić information content (AvgIpc) is 4.05. The second-order valence-electron chi connectivity index (χ2n) is 13.2. The highest BCUT2D eigenvalue weighted by molar-refractivity contribution is 7.85. The number of imidazole rings is 2. The van der Waals surface area contributed by atoms with Gasteiger partial charge < -0.3 is 35.2 Å². The van der Waals surface area contributed by atoms with Gasteiger partial charge in [0.2, 0.25) is 21.9 Å². The fourth-order valence-electron chi connectivity index (χ4n) is 6.55. The van der Waals surface area contributed by atoms with Crippen LogP contribution in [0, 0.1) is 6.57 Å². The van der Waals surface area contributed by atoms with Crippen molar-refractivity contribution in [2.75, 3.05) is 37.0 Å². The van der Waals surface area contributed by atoms with Gasteiger partial charge in [0.15, 0.2) is 71.5 Å². The van der Waals surface area contributed by atoms with Gasteiger partial charge in [-0.1, -0.05) is 36.4 Å². The summed E-state index contributed by atoms with van der Waals surface area (Å²) in [6.45, 7) is 5.84. The normalized spacial score (nSPS) is 24.7. The van der Waals surface area contributed by atoms with Crippen molar-refractivity contribution in [3.8, 4) is 0 Å². The fraction of sp³-hybridized carbons (Fsp3) is 0.324. The van der Waals surface area contributed by atoms with Crippen LogP contribution in [0.4, 0.5) is 20.4 Å². The number of rotatable bonds is 15. The van der Waals surface area contributed by atoms with Crippen LogP contribution >= 0.6 is 7.82 Å². The average molecular weight is 860 g/mol. The van der Waals surface area contributed by atoms with Gasteiger partial charge >= 0.3 is 0 Å². The number of anilines is 2. The second-order valence-corrected chi connectivity index (χ2v) is 14.4. The number of hydrogen-bond acceptors (Lipinski definition) is 15. The van der Waals surface area contributed by atoms with Crippen molar-refractivity contribution in [3.05, 3.63) is 109 Å². The summed E-state index contributed by atoms with van der Waals surface area (Å²) in [6, 6.07) is 16.9. The minimum atomic E-state index is -3.43. The number of alkyl halides is 2. The highest BCUT2D eigenvalue weighted by Gasteiger charge is 2.54. The predicted molar refractivity (Wildman–Crippen MR) is 215 cm³/mol. The molecule has 0 aliphatic carbocycles. The summed E-state index contributed by atoms with van der Waals surface area (Å²) in [6.07, 6.45) is -7.58. The van der Waals surface area contributed by atoms with Crippen molar-refractivity contribution in [3.63, 3.8) is 0 Å². The Balaban J connectivity index is 0.969. The number of aliphatic hydroxyl groups is 2. The largest absolute Gasteiger partial charge is 0.394 e. The number of nitrogens with zero attached hydrogens (tertiary/aromatic N) is 9. The van der Waals surface area contributed by atoms with Crippen molar-refractivity contribution in [2.24, 2.45) is 0 Å². The van der Waals surface area contributed by atoms with Gasteiger partial charge in [0.25, 0.3) is 11.8 Å². The van der Waals surface area contributed by atoms with E-state index < -0.39 is 89.6 Å². The van der Waals surface area contributed by atoms with E-state index in [9.17, 15) is 19.8 Å². The van der Waals surface area contributed by atoms with Crippen LogP contribution in [0.1, 0.15) is 33.2 Å². The van der Waals surface area contributed by atoms with Crippen molar-refractivity contribution in [2.45, 2.75) is 49.2 Å². The number of nitrogens with one attached hydrogen (secondary N) is 2. The Kier molecular flexibility index (Phi) is 12.3. The van der Waals surface area contributed by atoms with Gasteiger partial charge in [-0.2, -0.15) is 0 Å². The molecule has 4 aromatic heterocycles. The molecule has 0 saturated carbocycles. The van der Waals surface area contributed by atoms with Gasteiger partial charge in [-0.3, -0.25) is 18.7 Å². The first-order valence-electron chi connectivity index (χ1n) is 18.3. The molecular formula is C37H37BF2N11O9P. The summed E-state index contributed by atoms with van der Waals surface area (Å²) in [4.78, 5) is 54.4. The Labute approximate surface area is 346 Å². The summed E-state index contributed by atoms with van der Waals surface area (Å²) >= 11 is 0. The molecular weight excluding hydrogens is 822 g/mol. The van der Waals surface area contributed by atoms with Crippen molar-refractivity contribution >= 4 is 61.2 Å². The third kappa shape index (κ3) is 8.52. The maximum absolute atomic E-state index is 16.6. The number of amides is 2. The number of aliphatic hydroxyl groups excluding tert-OH is 2. The van der Waals surface area contributed by atoms with Gasteiger partial charge in [-0.05, 0) is 24.3 Å². The number of carbonyl (C=O) groups is 2. The number of benzene rings is 2. The zero-order valence-corrected chi connectivity index (χ0v) is 31.9. The Hall–Kier alpha value is -5.96. The van der Waals surface area contributed by atoms with Crippen molar-refractivity contribution < 1.29 is 51.6 Å². The molecule has 0 bridgehead atoms. The number of hydrogen-bond donors (Lipinski definition) is 4. The third-order valence-electron chi connectivity index (χ3n) is 9.49. The first kappa shape index (κ1) is 41.8. The number of ether oxygens (including phenoxy) is 2. The van der Waals surface area contributed by atoms with Gasteiger partial charge in [-0.15, -0.1) is 0 Å². The van der Waals surface area contributed by atoms with Gasteiger partial charge in [0.1, 0.15) is 37.6 Å². The monoisotopic (exact) mass is 859 g/mol. The van der Waals surface area contributed by atoms with Crippen LogP contribution in [-0.2, 0) is 23.0 Å². The highest BCUT2D eigenvalue weighted by Crippen LogP contribution is 2.61. The summed E-state index contributed by atoms with van der Waals surface area (Å²) < 4.78 is 65.4. The van der Waals surface area contributed by atoms with Gasteiger partial charge in [0, 0.05) is 11.1 Å². The molecule has 9 atom stereocenters. The zero-order valence-electron chi connectivity index (χ0n) is 31.0. The SMILES string of the molecule is [BH3-][P+](OCC[N+]#[C-])(OCC1OC(n2cnc3c(NC(=O)c4ccccc4)ncnc32)C(O)C1F)O[C@@H]1C(F)[C@H](n2cnc3c(NC(=O)c4ccccc4)ncnc32)O[C@@H]1CO. The van der Waals surface area contributed by atoms with Crippen LogP contribution in [0.15, 0.2) is 86.0 Å². The summed E-state index contributed by atoms with van der Waals surface area (Å²) in [5.74, 6) is -0.731. The molecule has 0 spiro atoms. The molecule has 24 heteroatoms. The topological polar surface area (TPSA) is 236 Å². The van der Waals surface area contributed by atoms with E-state index in [0.717, 1.165) is 0 Å². The van der Waals surface area contributed by atoms with E-state index in [-0.39, 0.29) is 47.1 Å². The molecule has 6 heterocycles. The Morgan fingerprint density at radius 1 is 0.803 bits per heavy atom. The molecule has 2 amide bonds. The molecule has 316 valence electrons. The molecule has 4 N–H and O–H groups in total. The Bertz CT molecular complexity index is 2560. The molecule has 8 rings (SSSR count). The van der Waals surface area contributed by atoms with Crippen LogP contribution in [0.25, 0.3) is 27.2 Å². The van der Waals surface area contributed by atoms with Crippen LogP contribution < -0.4 is 10.6 Å².